The van der Waals surface area contributed by atoms with Gasteiger partial charge in [-0.25, -0.2) is 0 Å². The second-order valence-electron chi connectivity index (χ2n) is 5.98. The van der Waals surface area contributed by atoms with E-state index in [0.29, 0.717) is 13.1 Å². The third-order valence-corrected chi connectivity index (χ3v) is 4.27. The van der Waals surface area contributed by atoms with Gasteiger partial charge in [-0.3, -0.25) is 9.59 Å². The van der Waals surface area contributed by atoms with Crippen molar-refractivity contribution in [3.05, 3.63) is 29.8 Å². The van der Waals surface area contributed by atoms with Crippen LogP contribution < -0.4 is 4.74 Å². The highest BCUT2D eigenvalue weighted by atomic mass is 16.5. The molecule has 0 aromatic heterocycles. The van der Waals surface area contributed by atoms with Crippen LogP contribution in [0.5, 0.6) is 5.75 Å². The van der Waals surface area contributed by atoms with Crippen LogP contribution in [0.4, 0.5) is 0 Å². The second kappa shape index (κ2) is 7.46. The number of amides is 1. The van der Waals surface area contributed by atoms with Crippen LogP contribution in [-0.4, -0.2) is 63.1 Å². The van der Waals surface area contributed by atoms with Gasteiger partial charge in [0.15, 0.2) is 0 Å². The smallest absolute Gasteiger partial charge is 0.310 e. The molecule has 1 aromatic carbocycles. The molecule has 1 saturated heterocycles. The number of esters is 1. The minimum absolute atomic E-state index is 0.000705. The molecule has 1 heterocycles. The molecular formula is C17H24N2O4. The molecule has 1 aliphatic rings. The number of hydrogen-bond donors (Lipinski definition) is 0. The molecular weight excluding hydrogens is 296 g/mol. The Hall–Kier alpha value is -2.08. The fourth-order valence-corrected chi connectivity index (χ4v) is 2.87. The molecule has 0 bridgehead atoms. The van der Waals surface area contributed by atoms with E-state index in [2.05, 4.69) is 4.90 Å². The van der Waals surface area contributed by atoms with Gasteiger partial charge >= 0.3 is 5.97 Å². The van der Waals surface area contributed by atoms with Crippen LogP contribution in [0.3, 0.4) is 0 Å². The minimum Gasteiger partial charge on any atom is -0.497 e. The summed E-state index contributed by atoms with van der Waals surface area (Å²) in [5.41, 5.74) is 1.10. The number of methoxy groups -OCH3 is 2. The van der Waals surface area contributed by atoms with Gasteiger partial charge in [0.05, 0.1) is 26.2 Å². The van der Waals surface area contributed by atoms with Crippen LogP contribution in [0.25, 0.3) is 0 Å². The maximum atomic E-state index is 12.2. The Morgan fingerprint density at radius 2 is 1.96 bits per heavy atom. The first kappa shape index (κ1) is 17.3. The van der Waals surface area contributed by atoms with Gasteiger partial charge in [-0.05, 0) is 31.8 Å². The summed E-state index contributed by atoms with van der Waals surface area (Å²) in [5, 5.41) is 0. The van der Waals surface area contributed by atoms with Gasteiger partial charge in [-0.2, -0.15) is 0 Å². The van der Waals surface area contributed by atoms with Crippen molar-refractivity contribution < 1.29 is 19.1 Å². The Bertz CT molecular complexity index is 556. The molecule has 1 aliphatic heterocycles. The van der Waals surface area contributed by atoms with Crippen molar-refractivity contribution in [2.75, 3.05) is 41.4 Å². The Kier molecular flexibility index (Phi) is 5.60. The Morgan fingerprint density at radius 3 is 2.48 bits per heavy atom. The van der Waals surface area contributed by atoms with Gasteiger partial charge in [-0.1, -0.05) is 12.1 Å². The molecule has 23 heavy (non-hydrogen) atoms. The number of rotatable bonds is 6. The molecule has 1 aromatic rings. The third kappa shape index (κ3) is 4.01. The van der Waals surface area contributed by atoms with Crippen LogP contribution >= 0.6 is 0 Å². The second-order valence-corrected chi connectivity index (χ2v) is 5.98. The topological polar surface area (TPSA) is 59.1 Å². The van der Waals surface area contributed by atoms with Crippen LogP contribution in [0.15, 0.2) is 24.3 Å². The van der Waals surface area contributed by atoms with Gasteiger partial charge < -0.3 is 19.3 Å². The largest absolute Gasteiger partial charge is 0.497 e. The van der Waals surface area contributed by atoms with E-state index in [9.17, 15) is 9.59 Å². The Labute approximate surface area is 137 Å². The summed E-state index contributed by atoms with van der Waals surface area (Å²) < 4.78 is 9.93. The summed E-state index contributed by atoms with van der Waals surface area (Å²) in [4.78, 5) is 27.6. The van der Waals surface area contributed by atoms with E-state index in [-0.39, 0.29) is 30.3 Å². The van der Waals surface area contributed by atoms with E-state index >= 15 is 0 Å². The van der Waals surface area contributed by atoms with Crippen LogP contribution in [0.2, 0.25) is 0 Å². The summed E-state index contributed by atoms with van der Waals surface area (Å²) in [7, 11) is 6.95. The average Bonchev–Trinajstić information content (AvgIpc) is 2.92. The van der Waals surface area contributed by atoms with Crippen molar-refractivity contribution in [1.82, 2.24) is 9.80 Å². The number of nitrogens with zero attached hydrogens (tertiary/aromatic N) is 2. The van der Waals surface area contributed by atoms with E-state index in [4.69, 9.17) is 9.47 Å². The van der Waals surface area contributed by atoms with Crippen LogP contribution in [-0.2, 0) is 14.3 Å². The highest BCUT2D eigenvalue weighted by Crippen LogP contribution is 2.26. The predicted octanol–water partition coefficient (Wildman–Crippen LogP) is 1.32. The van der Waals surface area contributed by atoms with E-state index in [1.165, 1.54) is 7.11 Å². The lowest BCUT2D eigenvalue weighted by Gasteiger charge is -2.29. The molecule has 6 nitrogen and oxygen atoms in total. The molecule has 0 radical (unpaired) electrons. The molecule has 0 N–H and O–H groups in total. The lowest BCUT2D eigenvalue weighted by Crippen LogP contribution is -2.36. The van der Waals surface area contributed by atoms with Gasteiger partial charge in [0.2, 0.25) is 5.91 Å². The lowest BCUT2D eigenvalue weighted by atomic mass is 10.1. The fourth-order valence-electron chi connectivity index (χ4n) is 2.87. The lowest BCUT2D eigenvalue weighted by molar-refractivity contribution is -0.145. The Balaban J connectivity index is 2.10. The number of carbonyl (C=O) groups excluding carboxylic acids is 2. The number of hydrogen-bond acceptors (Lipinski definition) is 5. The molecule has 2 atom stereocenters. The number of likely N-dealkylation sites (N-methyl/N-ethyl adjacent to an activating group) is 1. The van der Waals surface area contributed by atoms with E-state index in [1.54, 1.807) is 12.0 Å². The van der Waals surface area contributed by atoms with Crippen molar-refractivity contribution >= 4 is 11.9 Å². The summed E-state index contributed by atoms with van der Waals surface area (Å²) in [5.74, 6) is 0.132. The highest BCUT2D eigenvalue weighted by Gasteiger charge is 2.36. The first-order valence-corrected chi connectivity index (χ1v) is 7.62. The molecule has 2 rings (SSSR count). The zero-order chi connectivity index (χ0) is 17.0. The standard InChI is InChI=1S/C17H24N2O4/c1-18(2)15(12-5-7-14(22-3)8-6-12)11-19-10-13(9-16(19)20)17(21)23-4/h5-8,13,15H,9-11H2,1-4H3. The first-order valence-electron chi connectivity index (χ1n) is 7.62. The van der Waals surface area contributed by atoms with Crippen molar-refractivity contribution in [2.24, 2.45) is 5.92 Å². The third-order valence-electron chi connectivity index (χ3n) is 4.27. The molecule has 0 spiro atoms. The monoisotopic (exact) mass is 320 g/mol. The Morgan fingerprint density at radius 1 is 1.30 bits per heavy atom. The summed E-state index contributed by atoms with van der Waals surface area (Å²) in [6.45, 7) is 0.970. The number of benzene rings is 1. The van der Waals surface area contributed by atoms with Crippen molar-refractivity contribution in [3.8, 4) is 5.75 Å². The van der Waals surface area contributed by atoms with Gasteiger partial charge in [0, 0.05) is 19.5 Å². The van der Waals surface area contributed by atoms with E-state index in [1.807, 2.05) is 38.4 Å². The van der Waals surface area contributed by atoms with Crippen molar-refractivity contribution in [2.45, 2.75) is 12.5 Å². The maximum absolute atomic E-state index is 12.2. The molecule has 2 unspecified atom stereocenters. The fraction of sp³-hybridized carbons (Fsp3) is 0.529. The SMILES string of the molecule is COC(=O)C1CC(=O)N(CC(c2ccc(OC)cc2)N(C)C)C1. The van der Waals surface area contributed by atoms with Crippen molar-refractivity contribution in [3.63, 3.8) is 0 Å². The van der Waals surface area contributed by atoms with Gasteiger partial charge in [0.25, 0.3) is 0 Å². The number of carbonyl (C=O) groups is 2. The highest BCUT2D eigenvalue weighted by molar-refractivity contribution is 5.86. The molecule has 1 amide bonds. The van der Waals surface area contributed by atoms with E-state index < -0.39 is 0 Å². The molecule has 0 aliphatic carbocycles. The predicted molar refractivity (Wildman–Crippen MR) is 86.1 cm³/mol. The zero-order valence-corrected chi connectivity index (χ0v) is 14.1. The van der Waals surface area contributed by atoms with Gasteiger partial charge in [0.1, 0.15) is 5.75 Å². The number of ether oxygens (including phenoxy) is 2. The quantitative estimate of drug-likeness (QED) is 0.740. The van der Waals surface area contributed by atoms with Crippen LogP contribution in [0.1, 0.15) is 18.0 Å². The summed E-state index contributed by atoms with van der Waals surface area (Å²) >= 11 is 0. The zero-order valence-electron chi connectivity index (χ0n) is 14.1. The number of likely N-dealkylation sites (tertiary alicyclic amines) is 1. The summed E-state index contributed by atoms with van der Waals surface area (Å²) in [6, 6.07) is 7.88. The minimum atomic E-state index is -0.355. The average molecular weight is 320 g/mol. The van der Waals surface area contributed by atoms with Crippen LogP contribution in [0, 0.1) is 5.92 Å². The van der Waals surface area contributed by atoms with E-state index in [0.717, 1.165) is 11.3 Å². The maximum Gasteiger partial charge on any atom is 0.310 e. The van der Waals surface area contributed by atoms with Crippen molar-refractivity contribution in [1.29, 1.82) is 0 Å². The molecule has 1 fully saturated rings. The van der Waals surface area contributed by atoms with Gasteiger partial charge in [-0.15, -0.1) is 0 Å². The molecule has 126 valence electrons. The molecule has 6 heteroatoms. The normalized spacial score (nSPS) is 19.1. The summed E-state index contributed by atoms with van der Waals surface area (Å²) in [6.07, 6.45) is 0.232. The first-order chi connectivity index (χ1) is 11.0. The molecule has 0 saturated carbocycles.